The summed E-state index contributed by atoms with van der Waals surface area (Å²) in [6, 6.07) is -1.10. The van der Waals surface area contributed by atoms with E-state index in [2.05, 4.69) is 10.5 Å². The second-order valence-corrected chi connectivity index (χ2v) is 1.88. The van der Waals surface area contributed by atoms with Crippen LogP contribution in [0.2, 0.25) is 0 Å². The fourth-order valence-electron chi connectivity index (χ4n) is 0.341. The molecule has 0 aromatic heterocycles. The Morgan fingerprint density at radius 3 is 2.33 bits per heavy atom. The lowest BCUT2D eigenvalue weighted by atomic mass is 10.4. The number of hydrogen-bond acceptors (Lipinski definition) is 4. The van der Waals surface area contributed by atoms with E-state index in [0.717, 1.165) is 6.92 Å². The van der Waals surface area contributed by atoms with Gasteiger partial charge in [-0.15, -0.1) is 0 Å². The number of carbonyl (C=O) groups excluding carboxylic acids is 2. The van der Waals surface area contributed by atoms with Crippen LogP contribution >= 0.6 is 0 Å². The van der Waals surface area contributed by atoms with Gasteiger partial charge < -0.3 is 15.6 Å². The number of nitrogens with two attached hydrogens (primary N) is 1. The van der Waals surface area contributed by atoms with Crippen LogP contribution in [0.4, 0.5) is 9.59 Å². The van der Waals surface area contributed by atoms with E-state index in [1.165, 1.54) is 0 Å². The van der Waals surface area contributed by atoms with Gasteiger partial charge in [-0.05, 0) is 6.92 Å². The lowest BCUT2D eigenvalue weighted by Gasteiger charge is -2.07. The van der Waals surface area contributed by atoms with Crippen LogP contribution < -0.4 is 11.1 Å². The van der Waals surface area contributed by atoms with E-state index in [1.807, 2.05) is 0 Å². The molecule has 0 rings (SSSR count). The molecule has 0 saturated carbocycles. The highest BCUT2D eigenvalue weighted by Gasteiger charge is 2.16. The highest BCUT2D eigenvalue weighted by atomic mass is 16.6. The smallest absolute Gasteiger partial charge is 0.416 e. The molecule has 0 radical (unpaired) electrons. The van der Waals surface area contributed by atoms with E-state index in [1.54, 1.807) is 5.32 Å². The van der Waals surface area contributed by atoms with Gasteiger partial charge in [-0.1, -0.05) is 0 Å². The van der Waals surface area contributed by atoms with Crippen molar-refractivity contribution in [2.45, 2.75) is 13.0 Å². The Hall–Kier alpha value is -1.79. The summed E-state index contributed by atoms with van der Waals surface area (Å²) in [7, 11) is 0. The van der Waals surface area contributed by atoms with Gasteiger partial charge in [0.2, 0.25) is 0 Å². The molecule has 0 fully saturated rings. The zero-order valence-corrected chi connectivity index (χ0v) is 6.23. The summed E-state index contributed by atoms with van der Waals surface area (Å²) >= 11 is 0. The molecule has 0 heterocycles. The molecule has 4 N–H and O–H groups in total. The molecular formula is C5H8N2O5. The third kappa shape index (κ3) is 4.09. The van der Waals surface area contributed by atoms with E-state index in [4.69, 9.17) is 5.11 Å². The summed E-state index contributed by atoms with van der Waals surface area (Å²) in [5.74, 6) is -1.31. The molecule has 0 aromatic rings. The third-order valence-electron chi connectivity index (χ3n) is 0.857. The van der Waals surface area contributed by atoms with E-state index in [-0.39, 0.29) is 0 Å². The molecule has 7 heteroatoms. The Labute approximate surface area is 67.5 Å². The van der Waals surface area contributed by atoms with Gasteiger partial charge in [-0.25, -0.2) is 19.7 Å². The molecule has 7 nitrogen and oxygen atoms in total. The highest BCUT2D eigenvalue weighted by molar-refractivity contribution is 5.90. The van der Waals surface area contributed by atoms with Crippen LogP contribution in [0, 0.1) is 0 Å². The molecular weight excluding hydrogens is 168 g/mol. The minimum atomic E-state index is -1.32. The standard InChI is InChI=1S/C5H8N2O5/c1-2(3(8)9)12-5(11)7-4(6)10/h2H,1H3,(H,8,9)(H3,6,7,10,11). The van der Waals surface area contributed by atoms with E-state index < -0.39 is 24.2 Å². The van der Waals surface area contributed by atoms with Crippen molar-refractivity contribution in [3.8, 4) is 0 Å². The Kier molecular flexibility index (Phi) is 3.54. The predicted octanol–water partition coefficient (Wildman–Crippen LogP) is -0.736. The minimum absolute atomic E-state index is 1.10. The third-order valence-corrected chi connectivity index (χ3v) is 0.857. The molecule has 1 unspecified atom stereocenters. The van der Waals surface area contributed by atoms with Crippen LogP contribution in [0.5, 0.6) is 0 Å². The Morgan fingerprint density at radius 1 is 1.50 bits per heavy atom. The first-order chi connectivity index (χ1) is 5.43. The second kappa shape index (κ2) is 4.16. The number of carboxylic acid groups (broad SMARTS) is 1. The van der Waals surface area contributed by atoms with Crippen molar-refractivity contribution in [3.05, 3.63) is 0 Å². The summed E-state index contributed by atoms with van der Waals surface area (Å²) in [5, 5.41) is 9.79. The number of carbonyl (C=O) groups is 3. The average molecular weight is 176 g/mol. The SMILES string of the molecule is CC(OC(=O)NC(N)=O)C(=O)O. The first kappa shape index (κ1) is 10.2. The van der Waals surface area contributed by atoms with Crippen molar-refractivity contribution in [3.63, 3.8) is 0 Å². The van der Waals surface area contributed by atoms with Crippen molar-refractivity contribution >= 4 is 18.1 Å². The summed E-state index contributed by atoms with van der Waals surface area (Å²) in [5.41, 5.74) is 4.55. The Bertz CT molecular complexity index is 214. The summed E-state index contributed by atoms with van der Waals surface area (Å²) in [6.45, 7) is 1.14. The monoisotopic (exact) mass is 176 g/mol. The zero-order chi connectivity index (χ0) is 9.72. The number of urea groups is 1. The predicted molar refractivity (Wildman–Crippen MR) is 36.3 cm³/mol. The summed E-state index contributed by atoms with van der Waals surface area (Å²) < 4.78 is 4.17. The fraction of sp³-hybridized carbons (Fsp3) is 0.400. The van der Waals surface area contributed by atoms with E-state index in [0.29, 0.717) is 0 Å². The van der Waals surface area contributed by atoms with Gasteiger partial charge in [0.1, 0.15) is 0 Å². The van der Waals surface area contributed by atoms with Gasteiger partial charge >= 0.3 is 18.1 Å². The molecule has 0 aromatic carbocycles. The number of aliphatic carboxylic acids is 1. The van der Waals surface area contributed by atoms with E-state index >= 15 is 0 Å². The molecule has 0 aliphatic rings. The molecule has 1 atom stereocenters. The van der Waals surface area contributed by atoms with Crippen LogP contribution in [0.15, 0.2) is 0 Å². The number of amides is 3. The van der Waals surface area contributed by atoms with Crippen molar-refractivity contribution < 1.29 is 24.2 Å². The fourth-order valence-corrected chi connectivity index (χ4v) is 0.341. The lowest BCUT2D eigenvalue weighted by Crippen LogP contribution is -2.38. The quantitative estimate of drug-likeness (QED) is 0.512. The van der Waals surface area contributed by atoms with Crippen molar-refractivity contribution in [1.82, 2.24) is 5.32 Å². The number of primary amides is 1. The topological polar surface area (TPSA) is 119 Å². The molecule has 0 spiro atoms. The highest BCUT2D eigenvalue weighted by Crippen LogP contribution is 1.90. The maximum Gasteiger partial charge on any atom is 0.416 e. The molecule has 0 bridgehead atoms. The van der Waals surface area contributed by atoms with Crippen LogP contribution in [-0.2, 0) is 9.53 Å². The van der Waals surface area contributed by atoms with Gasteiger partial charge in [-0.3, -0.25) is 0 Å². The number of rotatable bonds is 2. The maximum atomic E-state index is 10.5. The summed E-state index contributed by atoms with van der Waals surface area (Å²) in [4.78, 5) is 30.6. The molecule has 0 saturated heterocycles. The zero-order valence-electron chi connectivity index (χ0n) is 6.23. The number of ether oxygens (including phenoxy) is 1. The van der Waals surface area contributed by atoms with Gasteiger partial charge in [0.15, 0.2) is 6.10 Å². The van der Waals surface area contributed by atoms with Gasteiger partial charge in [-0.2, -0.15) is 0 Å². The molecule has 68 valence electrons. The van der Waals surface area contributed by atoms with Crippen molar-refractivity contribution in [1.29, 1.82) is 0 Å². The van der Waals surface area contributed by atoms with E-state index in [9.17, 15) is 14.4 Å². The molecule has 0 aliphatic heterocycles. The second-order valence-electron chi connectivity index (χ2n) is 1.88. The number of alkyl carbamates (subject to hydrolysis) is 1. The van der Waals surface area contributed by atoms with Crippen LogP contribution in [-0.4, -0.2) is 29.3 Å². The first-order valence-electron chi connectivity index (χ1n) is 2.93. The van der Waals surface area contributed by atoms with Gasteiger partial charge in [0.05, 0.1) is 0 Å². The van der Waals surface area contributed by atoms with Crippen LogP contribution in [0.1, 0.15) is 6.92 Å². The molecule has 3 amide bonds. The maximum absolute atomic E-state index is 10.5. The number of imide groups is 1. The minimum Gasteiger partial charge on any atom is -0.479 e. The number of hydrogen-bond donors (Lipinski definition) is 3. The van der Waals surface area contributed by atoms with Crippen LogP contribution in [0.25, 0.3) is 0 Å². The lowest BCUT2D eigenvalue weighted by molar-refractivity contribution is -0.145. The van der Waals surface area contributed by atoms with Gasteiger partial charge in [0.25, 0.3) is 0 Å². The van der Waals surface area contributed by atoms with Gasteiger partial charge in [0, 0.05) is 0 Å². The van der Waals surface area contributed by atoms with Crippen molar-refractivity contribution in [2.24, 2.45) is 5.73 Å². The summed E-state index contributed by atoms with van der Waals surface area (Å²) in [6.07, 6.45) is -2.50. The Morgan fingerprint density at radius 2 is 2.00 bits per heavy atom. The number of nitrogens with one attached hydrogen (secondary N) is 1. The first-order valence-corrected chi connectivity index (χ1v) is 2.93. The largest absolute Gasteiger partial charge is 0.479 e. The molecule has 0 aliphatic carbocycles. The molecule has 12 heavy (non-hydrogen) atoms. The average Bonchev–Trinajstić information content (AvgIpc) is 1.84. The Balaban J connectivity index is 3.85. The normalized spacial score (nSPS) is 11.4. The van der Waals surface area contributed by atoms with Crippen LogP contribution in [0.3, 0.4) is 0 Å². The van der Waals surface area contributed by atoms with Crippen molar-refractivity contribution in [2.75, 3.05) is 0 Å². The number of carboxylic acids is 1.